The molecule has 1 aromatic rings. The Labute approximate surface area is 167 Å². The highest BCUT2D eigenvalue weighted by molar-refractivity contribution is 7.80. The number of unbranched alkanes of at least 4 members (excludes halogenated alkanes) is 1. The van der Waals surface area contributed by atoms with Crippen LogP contribution in [0.4, 0.5) is 5.69 Å². The second-order valence-corrected chi connectivity index (χ2v) is 7.83. The Morgan fingerprint density at radius 1 is 1.19 bits per heavy atom. The van der Waals surface area contributed by atoms with Gasteiger partial charge in [-0.1, -0.05) is 52.7 Å². The zero-order chi connectivity index (χ0) is 20.4. The second-order valence-electron chi connectivity index (χ2n) is 7.42. The Hall–Kier alpha value is -2.15. The summed E-state index contributed by atoms with van der Waals surface area (Å²) in [4.78, 5) is 23.8. The summed E-state index contributed by atoms with van der Waals surface area (Å²) >= 11 is 5.22. The molecule has 6 nitrogen and oxygen atoms in total. The van der Waals surface area contributed by atoms with E-state index >= 15 is 0 Å². The molecule has 27 heavy (non-hydrogen) atoms. The maximum Gasteiger partial charge on any atom is 0.328 e. The fourth-order valence-electron chi connectivity index (χ4n) is 2.43. The number of ether oxygens (including phenoxy) is 1. The van der Waals surface area contributed by atoms with E-state index in [9.17, 15) is 9.59 Å². The van der Waals surface area contributed by atoms with Gasteiger partial charge in [-0.3, -0.25) is 4.79 Å². The van der Waals surface area contributed by atoms with Gasteiger partial charge in [0.15, 0.2) is 5.11 Å². The maximum atomic E-state index is 12.1. The third kappa shape index (κ3) is 8.39. The monoisotopic (exact) mass is 393 g/mol. The highest BCUT2D eigenvalue weighted by Gasteiger charge is 2.20. The van der Waals surface area contributed by atoms with Crippen LogP contribution >= 0.6 is 12.2 Å². The minimum atomic E-state index is -0.629. The molecule has 0 aliphatic rings. The molecule has 0 saturated heterocycles. The van der Waals surface area contributed by atoms with Crippen LogP contribution in [0.25, 0.3) is 0 Å². The summed E-state index contributed by atoms with van der Waals surface area (Å²) in [6, 6.07) is 7.37. The average Bonchev–Trinajstić information content (AvgIpc) is 2.62. The molecule has 1 amide bonds. The first-order valence-corrected chi connectivity index (χ1v) is 9.60. The number of carbonyl (C=O) groups excluding carboxylic acids is 2. The van der Waals surface area contributed by atoms with Crippen LogP contribution in [-0.2, 0) is 19.7 Å². The van der Waals surface area contributed by atoms with Gasteiger partial charge in [-0.15, -0.1) is 0 Å². The Morgan fingerprint density at radius 2 is 1.81 bits per heavy atom. The normalized spacial score (nSPS) is 12.0. The molecule has 1 unspecified atom stereocenters. The van der Waals surface area contributed by atoms with E-state index in [1.807, 2.05) is 31.2 Å². The van der Waals surface area contributed by atoms with Gasteiger partial charge in [0, 0.05) is 5.69 Å². The lowest BCUT2D eigenvalue weighted by atomic mass is 9.87. The Morgan fingerprint density at radius 3 is 2.33 bits per heavy atom. The van der Waals surface area contributed by atoms with Gasteiger partial charge in [0.1, 0.15) is 6.04 Å². The highest BCUT2D eigenvalue weighted by atomic mass is 32.1. The lowest BCUT2D eigenvalue weighted by molar-refractivity contribution is -0.145. The van der Waals surface area contributed by atoms with Gasteiger partial charge in [-0.25, -0.2) is 4.79 Å². The first-order valence-electron chi connectivity index (χ1n) is 9.20. The van der Waals surface area contributed by atoms with E-state index in [4.69, 9.17) is 17.0 Å². The van der Waals surface area contributed by atoms with E-state index in [1.54, 1.807) is 0 Å². The molecule has 1 rings (SSSR count). The van der Waals surface area contributed by atoms with E-state index in [0.29, 0.717) is 11.5 Å². The number of rotatable bonds is 8. The fraction of sp³-hybridized carbons (Fsp3) is 0.550. The van der Waals surface area contributed by atoms with Crippen molar-refractivity contribution in [3.63, 3.8) is 0 Å². The maximum absolute atomic E-state index is 12.1. The highest BCUT2D eigenvalue weighted by Crippen LogP contribution is 2.23. The lowest BCUT2D eigenvalue weighted by Gasteiger charge is -2.19. The number of nitrogens with one attached hydrogen (secondary N) is 3. The van der Waals surface area contributed by atoms with Crippen LogP contribution in [-0.4, -0.2) is 36.7 Å². The van der Waals surface area contributed by atoms with Crippen molar-refractivity contribution >= 4 is 34.9 Å². The minimum absolute atomic E-state index is 0.0223. The van der Waals surface area contributed by atoms with Gasteiger partial charge in [0.2, 0.25) is 5.91 Å². The largest absolute Gasteiger partial charge is 0.467 e. The Bertz CT molecular complexity index is 639. The molecule has 1 atom stereocenters. The molecule has 0 spiro atoms. The van der Waals surface area contributed by atoms with Crippen LogP contribution in [0.5, 0.6) is 0 Å². The molecule has 0 aliphatic carbocycles. The SMILES string of the molecule is CCCCC(NC(=O)CNC(=S)Nc1ccc(C(C)(C)C)cc1)C(=O)OC. The number of benzene rings is 1. The van der Waals surface area contributed by atoms with Crippen LogP contribution in [0.2, 0.25) is 0 Å². The first kappa shape index (κ1) is 22.9. The summed E-state index contributed by atoms with van der Waals surface area (Å²) in [6.07, 6.45) is 2.32. The van der Waals surface area contributed by atoms with Crippen molar-refractivity contribution in [2.75, 3.05) is 19.0 Å². The third-order valence-corrected chi connectivity index (χ3v) is 4.33. The van der Waals surface area contributed by atoms with E-state index in [0.717, 1.165) is 18.5 Å². The second kappa shape index (κ2) is 10.9. The smallest absolute Gasteiger partial charge is 0.328 e. The number of thiocarbonyl (C=S) groups is 1. The molecule has 7 heteroatoms. The summed E-state index contributed by atoms with van der Waals surface area (Å²) in [6.45, 7) is 8.47. The molecular weight excluding hydrogens is 362 g/mol. The molecular formula is C20H31N3O3S. The van der Waals surface area contributed by atoms with Gasteiger partial charge in [-0.05, 0) is 41.7 Å². The average molecular weight is 394 g/mol. The predicted octanol–water partition coefficient (Wildman–Crippen LogP) is 3.12. The van der Waals surface area contributed by atoms with Crippen molar-refractivity contribution < 1.29 is 14.3 Å². The van der Waals surface area contributed by atoms with Crippen molar-refractivity contribution in [1.82, 2.24) is 10.6 Å². The van der Waals surface area contributed by atoms with Gasteiger partial charge >= 0.3 is 5.97 Å². The topological polar surface area (TPSA) is 79.5 Å². The van der Waals surface area contributed by atoms with Crippen molar-refractivity contribution in [3.05, 3.63) is 29.8 Å². The number of anilines is 1. The zero-order valence-electron chi connectivity index (χ0n) is 16.8. The van der Waals surface area contributed by atoms with E-state index in [1.165, 1.54) is 12.7 Å². The van der Waals surface area contributed by atoms with Crippen LogP contribution in [0.3, 0.4) is 0 Å². The van der Waals surface area contributed by atoms with Gasteiger partial charge in [0.25, 0.3) is 0 Å². The summed E-state index contributed by atoms with van der Waals surface area (Å²) in [5, 5.41) is 8.92. The van der Waals surface area contributed by atoms with Crippen molar-refractivity contribution in [2.24, 2.45) is 0 Å². The Balaban J connectivity index is 2.48. The lowest BCUT2D eigenvalue weighted by Crippen LogP contribution is -2.46. The summed E-state index contributed by atoms with van der Waals surface area (Å²) in [5.74, 6) is -0.745. The summed E-state index contributed by atoms with van der Waals surface area (Å²) in [7, 11) is 1.32. The minimum Gasteiger partial charge on any atom is -0.467 e. The summed E-state index contributed by atoms with van der Waals surface area (Å²) < 4.78 is 4.74. The number of esters is 1. The molecule has 1 aromatic carbocycles. The van der Waals surface area contributed by atoms with Crippen LogP contribution in [0.1, 0.15) is 52.5 Å². The van der Waals surface area contributed by atoms with Gasteiger partial charge in [-0.2, -0.15) is 0 Å². The van der Waals surface area contributed by atoms with E-state index in [-0.39, 0.29) is 17.9 Å². The van der Waals surface area contributed by atoms with Gasteiger partial charge in [0.05, 0.1) is 13.7 Å². The molecule has 150 valence electrons. The van der Waals surface area contributed by atoms with Crippen LogP contribution in [0.15, 0.2) is 24.3 Å². The molecule has 0 aromatic heterocycles. The number of amides is 1. The van der Waals surface area contributed by atoms with Crippen LogP contribution in [0, 0.1) is 0 Å². The predicted molar refractivity (Wildman–Crippen MR) is 113 cm³/mol. The molecule has 0 aliphatic heterocycles. The van der Waals surface area contributed by atoms with Crippen molar-refractivity contribution in [2.45, 2.75) is 58.4 Å². The zero-order valence-corrected chi connectivity index (χ0v) is 17.7. The third-order valence-electron chi connectivity index (χ3n) is 4.09. The molecule has 0 bridgehead atoms. The van der Waals surface area contributed by atoms with Crippen molar-refractivity contribution in [1.29, 1.82) is 0 Å². The standard InChI is InChI=1S/C20H31N3O3S/c1-6-7-8-16(18(25)26-5)23-17(24)13-21-19(27)22-15-11-9-14(10-12-15)20(2,3)4/h9-12,16H,6-8,13H2,1-5H3,(H,23,24)(H2,21,22,27). The number of methoxy groups -OCH3 is 1. The van der Waals surface area contributed by atoms with Crippen LogP contribution < -0.4 is 16.0 Å². The number of hydrogen-bond donors (Lipinski definition) is 3. The number of hydrogen-bond acceptors (Lipinski definition) is 4. The first-order chi connectivity index (χ1) is 12.7. The fourth-order valence-corrected chi connectivity index (χ4v) is 2.62. The van der Waals surface area contributed by atoms with Crippen molar-refractivity contribution in [3.8, 4) is 0 Å². The molecule has 0 saturated carbocycles. The molecule has 3 N–H and O–H groups in total. The summed E-state index contributed by atoms with van der Waals surface area (Å²) in [5.41, 5.74) is 2.16. The quantitative estimate of drug-likeness (QED) is 0.465. The number of carbonyl (C=O) groups is 2. The molecule has 0 heterocycles. The van der Waals surface area contributed by atoms with Gasteiger partial charge < -0.3 is 20.7 Å². The molecule has 0 radical (unpaired) electrons. The Kier molecular flexibility index (Phi) is 9.21. The van der Waals surface area contributed by atoms with E-state index < -0.39 is 12.0 Å². The molecule has 0 fully saturated rings. The van der Waals surface area contributed by atoms with E-state index in [2.05, 4.69) is 36.7 Å².